The molecule has 2 atom stereocenters. The molecule has 0 saturated carbocycles. The Bertz CT molecular complexity index is 1100. The molecule has 31 heavy (non-hydrogen) atoms. The van der Waals surface area contributed by atoms with E-state index in [0.29, 0.717) is 28.1 Å². The Morgan fingerprint density at radius 2 is 1.97 bits per heavy atom. The van der Waals surface area contributed by atoms with E-state index in [2.05, 4.69) is 39.7 Å². The minimum absolute atomic E-state index is 0.0556. The molecule has 8 heteroatoms. The Hall–Kier alpha value is -2.12. The predicted octanol–water partition coefficient (Wildman–Crippen LogP) is 5.15. The molecular formula is C23H24Cl2N4OS. The molecule has 4 rings (SSSR count). The minimum atomic E-state index is -0.0953. The fraction of sp³-hybridized carbons (Fsp3) is 0.304. The Kier molecular flexibility index (Phi) is 6.53. The molecule has 3 heterocycles. The summed E-state index contributed by atoms with van der Waals surface area (Å²) in [6.07, 6.45) is 2.43. The van der Waals surface area contributed by atoms with E-state index in [0.717, 1.165) is 28.3 Å². The van der Waals surface area contributed by atoms with Gasteiger partial charge in [-0.2, -0.15) is 0 Å². The molecular weight excluding hydrogens is 451 g/mol. The lowest BCUT2D eigenvalue weighted by atomic mass is 9.96. The molecule has 0 amide bonds. The van der Waals surface area contributed by atoms with Crippen LogP contribution in [0, 0.1) is 13.8 Å². The summed E-state index contributed by atoms with van der Waals surface area (Å²) in [6.45, 7) is 4.92. The molecule has 2 aromatic heterocycles. The SMILES string of the molecule is Cc1cc([C@@H]2[C@H](c3ccccn3)NC(=S)N2CCCO)c(C)n1-c1ccc(Cl)cc1Cl. The number of benzene rings is 1. The van der Waals surface area contributed by atoms with Gasteiger partial charge in [0, 0.05) is 35.8 Å². The molecule has 0 unspecified atom stereocenters. The normalized spacial score (nSPS) is 18.5. The highest BCUT2D eigenvalue weighted by molar-refractivity contribution is 7.80. The summed E-state index contributed by atoms with van der Waals surface area (Å²) >= 11 is 18.3. The van der Waals surface area contributed by atoms with E-state index in [1.807, 2.05) is 30.3 Å². The molecule has 1 aliphatic heterocycles. The lowest BCUT2D eigenvalue weighted by Crippen LogP contribution is -2.31. The Labute approximate surface area is 197 Å². The van der Waals surface area contributed by atoms with Crippen molar-refractivity contribution in [1.82, 2.24) is 19.8 Å². The van der Waals surface area contributed by atoms with E-state index in [-0.39, 0.29) is 18.7 Å². The van der Waals surface area contributed by atoms with E-state index < -0.39 is 0 Å². The molecule has 0 bridgehead atoms. The fourth-order valence-corrected chi connectivity index (χ4v) is 5.17. The third kappa shape index (κ3) is 4.17. The van der Waals surface area contributed by atoms with Crippen LogP contribution in [-0.4, -0.2) is 37.8 Å². The number of halogens is 2. The number of aliphatic hydroxyl groups excluding tert-OH is 1. The van der Waals surface area contributed by atoms with Crippen molar-refractivity contribution in [1.29, 1.82) is 0 Å². The van der Waals surface area contributed by atoms with Gasteiger partial charge in [-0.05, 0) is 74.4 Å². The van der Waals surface area contributed by atoms with Gasteiger partial charge in [0.2, 0.25) is 0 Å². The summed E-state index contributed by atoms with van der Waals surface area (Å²) in [5.41, 5.74) is 5.10. The van der Waals surface area contributed by atoms with Gasteiger partial charge in [0.25, 0.3) is 0 Å². The van der Waals surface area contributed by atoms with Gasteiger partial charge in [0.05, 0.1) is 28.5 Å². The molecule has 0 aliphatic carbocycles. The fourth-order valence-electron chi connectivity index (χ4n) is 4.35. The first-order valence-electron chi connectivity index (χ1n) is 10.2. The minimum Gasteiger partial charge on any atom is -0.396 e. The van der Waals surface area contributed by atoms with Crippen molar-refractivity contribution >= 4 is 40.5 Å². The summed E-state index contributed by atoms with van der Waals surface area (Å²) in [7, 11) is 0. The number of pyridine rings is 1. The molecule has 0 radical (unpaired) electrons. The number of aromatic nitrogens is 2. The van der Waals surface area contributed by atoms with Crippen molar-refractivity contribution < 1.29 is 5.11 Å². The first-order valence-corrected chi connectivity index (χ1v) is 11.3. The number of nitrogens with one attached hydrogen (secondary N) is 1. The summed E-state index contributed by atoms with van der Waals surface area (Å²) in [4.78, 5) is 6.74. The number of hydrogen-bond acceptors (Lipinski definition) is 3. The maximum atomic E-state index is 9.42. The second-order valence-corrected chi connectivity index (χ2v) is 8.89. The van der Waals surface area contributed by atoms with Gasteiger partial charge in [-0.15, -0.1) is 0 Å². The van der Waals surface area contributed by atoms with Gasteiger partial charge in [0.1, 0.15) is 0 Å². The van der Waals surface area contributed by atoms with Crippen molar-refractivity contribution in [3.63, 3.8) is 0 Å². The molecule has 162 valence electrons. The molecule has 5 nitrogen and oxygen atoms in total. The van der Waals surface area contributed by atoms with Crippen LogP contribution in [0.15, 0.2) is 48.7 Å². The maximum Gasteiger partial charge on any atom is 0.170 e. The summed E-state index contributed by atoms with van der Waals surface area (Å²) in [5, 5.41) is 14.7. The van der Waals surface area contributed by atoms with Crippen molar-refractivity contribution in [2.45, 2.75) is 32.4 Å². The van der Waals surface area contributed by atoms with Crippen LogP contribution < -0.4 is 5.32 Å². The van der Waals surface area contributed by atoms with Crippen LogP contribution in [0.5, 0.6) is 0 Å². The zero-order chi connectivity index (χ0) is 22.1. The van der Waals surface area contributed by atoms with E-state index in [1.54, 1.807) is 12.3 Å². The molecule has 3 aromatic rings. The number of aliphatic hydroxyl groups is 1. The summed E-state index contributed by atoms with van der Waals surface area (Å²) in [5.74, 6) is 0. The molecule has 1 fully saturated rings. The van der Waals surface area contributed by atoms with Crippen molar-refractivity contribution in [3.05, 3.63) is 81.4 Å². The zero-order valence-corrected chi connectivity index (χ0v) is 19.7. The van der Waals surface area contributed by atoms with Crippen LogP contribution in [0.1, 0.15) is 41.1 Å². The first-order chi connectivity index (χ1) is 14.9. The van der Waals surface area contributed by atoms with Crippen molar-refractivity contribution in [3.8, 4) is 5.69 Å². The van der Waals surface area contributed by atoms with Crippen LogP contribution in [0.25, 0.3) is 5.69 Å². The number of aryl methyl sites for hydroxylation is 1. The van der Waals surface area contributed by atoms with Crippen LogP contribution in [0.2, 0.25) is 10.0 Å². The second kappa shape index (κ2) is 9.17. The third-order valence-electron chi connectivity index (χ3n) is 5.69. The average Bonchev–Trinajstić information content (AvgIpc) is 3.23. The van der Waals surface area contributed by atoms with Gasteiger partial charge in [-0.1, -0.05) is 29.3 Å². The largest absolute Gasteiger partial charge is 0.396 e. The zero-order valence-electron chi connectivity index (χ0n) is 17.3. The summed E-state index contributed by atoms with van der Waals surface area (Å²) in [6, 6.07) is 13.5. The van der Waals surface area contributed by atoms with E-state index >= 15 is 0 Å². The van der Waals surface area contributed by atoms with Gasteiger partial charge >= 0.3 is 0 Å². The second-order valence-electron chi connectivity index (χ2n) is 7.65. The van der Waals surface area contributed by atoms with E-state index in [9.17, 15) is 5.11 Å². The van der Waals surface area contributed by atoms with Crippen molar-refractivity contribution in [2.75, 3.05) is 13.2 Å². The Balaban J connectivity index is 1.83. The standard InChI is InChI=1S/C23H24Cl2N4OS/c1-14-12-17(15(2)29(14)20-8-7-16(24)13-18(20)25)22-21(19-6-3-4-9-26-19)27-23(31)28(22)10-5-11-30/h3-4,6-9,12-13,21-22,30H,5,10-11H2,1-2H3,(H,27,31)/t21-,22+/m0/s1. The molecule has 0 spiro atoms. The van der Waals surface area contributed by atoms with Gasteiger partial charge in [-0.3, -0.25) is 4.98 Å². The Morgan fingerprint density at radius 1 is 1.16 bits per heavy atom. The number of rotatable bonds is 6. The molecule has 1 aromatic carbocycles. The van der Waals surface area contributed by atoms with Gasteiger partial charge < -0.3 is 19.9 Å². The predicted molar refractivity (Wildman–Crippen MR) is 129 cm³/mol. The number of hydrogen-bond donors (Lipinski definition) is 2. The van der Waals surface area contributed by atoms with Crippen LogP contribution in [0.3, 0.4) is 0 Å². The van der Waals surface area contributed by atoms with Crippen LogP contribution >= 0.6 is 35.4 Å². The van der Waals surface area contributed by atoms with E-state index in [4.69, 9.17) is 35.4 Å². The molecule has 2 N–H and O–H groups in total. The quantitative estimate of drug-likeness (QED) is 0.483. The molecule has 1 aliphatic rings. The highest BCUT2D eigenvalue weighted by Gasteiger charge is 2.41. The lowest BCUT2D eigenvalue weighted by Gasteiger charge is -2.28. The highest BCUT2D eigenvalue weighted by Crippen LogP contribution is 2.42. The van der Waals surface area contributed by atoms with Crippen molar-refractivity contribution in [2.24, 2.45) is 0 Å². The van der Waals surface area contributed by atoms with Crippen LogP contribution in [0.4, 0.5) is 0 Å². The lowest BCUT2D eigenvalue weighted by molar-refractivity contribution is 0.247. The average molecular weight is 475 g/mol. The third-order valence-corrected chi connectivity index (χ3v) is 6.58. The van der Waals surface area contributed by atoms with Gasteiger partial charge in [-0.25, -0.2) is 0 Å². The topological polar surface area (TPSA) is 53.3 Å². The maximum absolute atomic E-state index is 9.42. The highest BCUT2D eigenvalue weighted by atomic mass is 35.5. The van der Waals surface area contributed by atoms with Crippen LogP contribution in [-0.2, 0) is 0 Å². The summed E-state index contributed by atoms with van der Waals surface area (Å²) < 4.78 is 2.15. The monoisotopic (exact) mass is 474 g/mol. The van der Waals surface area contributed by atoms with Gasteiger partial charge in [0.15, 0.2) is 5.11 Å². The first kappa shape index (κ1) is 22.1. The van der Waals surface area contributed by atoms with E-state index in [1.165, 1.54) is 0 Å². The Morgan fingerprint density at radius 3 is 2.65 bits per heavy atom. The number of nitrogens with zero attached hydrogens (tertiary/aromatic N) is 3. The molecule has 1 saturated heterocycles. The number of thiocarbonyl (C=S) groups is 1. The smallest absolute Gasteiger partial charge is 0.170 e.